The highest BCUT2D eigenvalue weighted by molar-refractivity contribution is 6.29. The van der Waals surface area contributed by atoms with Gasteiger partial charge in [-0.1, -0.05) is 25.4 Å². The molecule has 0 aliphatic heterocycles. The fourth-order valence-corrected chi connectivity index (χ4v) is 2.17. The number of amides is 1. The minimum Gasteiger partial charge on any atom is -0.322 e. The third-order valence-electron chi connectivity index (χ3n) is 2.97. The summed E-state index contributed by atoms with van der Waals surface area (Å²) in [4.78, 5) is 16.4. The van der Waals surface area contributed by atoms with E-state index in [1.165, 1.54) is 18.2 Å². The van der Waals surface area contributed by atoms with Crippen LogP contribution in [0.15, 0.2) is 30.3 Å². The van der Waals surface area contributed by atoms with Crippen molar-refractivity contribution in [3.8, 4) is 0 Å². The van der Waals surface area contributed by atoms with Crippen molar-refractivity contribution >= 4 is 23.2 Å². The van der Waals surface area contributed by atoms with Gasteiger partial charge in [0.05, 0.1) is 0 Å². The summed E-state index contributed by atoms with van der Waals surface area (Å²) in [5.41, 5.74) is 2.29. The van der Waals surface area contributed by atoms with Gasteiger partial charge in [-0.15, -0.1) is 0 Å². The minimum absolute atomic E-state index is 0.159. The summed E-state index contributed by atoms with van der Waals surface area (Å²) in [6, 6.07) is 7.56. The number of aromatic nitrogens is 1. The van der Waals surface area contributed by atoms with Crippen molar-refractivity contribution in [1.82, 2.24) is 4.98 Å². The lowest BCUT2D eigenvalue weighted by molar-refractivity contribution is 0.102. The number of rotatable bonds is 3. The first-order valence-electron chi connectivity index (χ1n) is 6.61. The number of nitrogens with one attached hydrogen (secondary N) is 1. The Morgan fingerprint density at radius 2 is 1.95 bits per heavy atom. The molecule has 0 spiro atoms. The number of carbonyl (C=O) groups is 1. The monoisotopic (exact) mass is 306 g/mol. The second kappa shape index (κ2) is 6.22. The molecule has 3 nitrogen and oxygen atoms in total. The van der Waals surface area contributed by atoms with Crippen LogP contribution in [0.25, 0.3) is 0 Å². The van der Waals surface area contributed by atoms with Crippen LogP contribution in [-0.2, 0) is 0 Å². The number of pyridine rings is 1. The van der Waals surface area contributed by atoms with Crippen LogP contribution < -0.4 is 5.32 Å². The molecule has 2 aromatic rings. The molecule has 1 aromatic carbocycles. The number of halogens is 2. The molecule has 5 heteroatoms. The van der Waals surface area contributed by atoms with Crippen molar-refractivity contribution in [1.29, 1.82) is 0 Å². The van der Waals surface area contributed by atoms with E-state index < -0.39 is 0 Å². The Hall–Kier alpha value is -1.94. The van der Waals surface area contributed by atoms with Crippen LogP contribution in [0.3, 0.4) is 0 Å². The lowest BCUT2D eigenvalue weighted by Crippen LogP contribution is -2.13. The number of carbonyl (C=O) groups excluding carboxylic acids is 1. The number of aryl methyl sites for hydroxylation is 1. The molecule has 21 heavy (non-hydrogen) atoms. The summed E-state index contributed by atoms with van der Waals surface area (Å²) >= 11 is 5.94. The Balaban J connectivity index is 2.28. The third-order valence-corrected chi connectivity index (χ3v) is 3.16. The maximum atomic E-state index is 13.3. The van der Waals surface area contributed by atoms with Crippen LogP contribution in [0.1, 0.15) is 41.4 Å². The molecule has 0 fully saturated rings. The Labute approximate surface area is 128 Å². The minimum atomic E-state index is -0.388. The molecular formula is C16H16ClFN2O. The Kier molecular flexibility index (Phi) is 4.58. The number of hydrogen-bond donors (Lipinski definition) is 1. The smallest absolute Gasteiger partial charge is 0.255 e. The highest BCUT2D eigenvalue weighted by Gasteiger charge is 2.12. The molecule has 0 bridgehead atoms. The summed E-state index contributed by atoms with van der Waals surface area (Å²) in [7, 11) is 0. The van der Waals surface area contributed by atoms with E-state index in [9.17, 15) is 9.18 Å². The van der Waals surface area contributed by atoms with E-state index >= 15 is 0 Å². The molecule has 2 rings (SSSR count). The number of benzene rings is 1. The van der Waals surface area contributed by atoms with E-state index in [4.69, 9.17) is 11.6 Å². The molecular weight excluding hydrogens is 291 g/mol. The van der Waals surface area contributed by atoms with Crippen molar-refractivity contribution in [2.24, 2.45) is 0 Å². The van der Waals surface area contributed by atoms with Gasteiger partial charge in [-0.25, -0.2) is 9.37 Å². The Bertz CT molecular complexity index is 666. The number of hydrogen-bond acceptors (Lipinski definition) is 2. The molecule has 0 saturated carbocycles. The zero-order valence-corrected chi connectivity index (χ0v) is 12.8. The van der Waals surface area contributed by atoms with Crippen LogP contribution in [0.2, 0.25) is 5.15 Å². The predicted molar refractivity (Wildman–Crippen MR) is 82.4 cm³/mol. The topological polar surface area (TPSA) is 42.0 Å². The van der Waals surface area contributed by atoms with E-state index in [1.54, 1.807) is 19.1 Å². The second-order valence-electron chi connectivity index (χ2n) is 5.23. The zero-order valence-electron chi connectivity index (χ0n) is 12.1. The van der Waals surface area contributed by atoms with E-state index in [0.717, 1.165) is 11.3 Å². The van der Waals surface area contributed by atoms with Gasteiger partial charge >= 0.3 is 0 Å². The van der Waals surface area contributed by atoms with Gasteiger partial charge in [-0.05, 0) is 48.7 Å². The summed E-state index contributed by atoms with van der Waals surface area (Å²) < 4.78 is 13.3. The first kappa shape index (κ1) is 15.4. The van der Waals surface area contributed by atoms with E-state index in [0.29, 0.717) is 11.3 Å². The van der Waals surface area contributed by atoms with Crippen molar-refractivity contribution in [2.75, 3.05) is 5.32 Å². The first-order chi connectivity index (χ1) is 9.85. The van der Waals surface area contributed by atoms with Crippen molar-refractivity contribution in [3.05, 3.63) is 58.1 Å². The fourth-order valence-electron chi connectivity index (χ4n) is 1.96. The SMILES string of the molecule is Cc1cc(F)cc(NC(=O)c2cc(Cl)nc(C(C)C)c2)c1. The molecule has 0 atom stereocenters. The van der Waals surface area contributed by atoms with Crippen LogP contribution >= 0.6 is 11.6 Å². The summed E-state index contributed by atoms with van der Waals surface area (Å²) in [5.74, 6) is -0.571. The molecule has 0 aliphatic rings. The standard InChI is InChI=1S/C16H16ClFN2O/c1-9(2)14-6-11(7-15(17)20-14)16(21)19-13-5-10(3)4-12(18)8-13/h4-9H,1-3H3,(H,19,21). The lowest BCUT2D eigenvalue weighted by Gasteiger charge is -2.10. The quantitative estimate of drug-likeness (QED) is 0.845. The van der Waals surface area contributed by atoms with Crippen LogP contribution in [0, 0.1) is 12.7 Å². The van der Waals surface area contributed by atoms with Crippen molar-refractivity contribution < 1.29 is 9.18 Å². The van der Waals surface area contributed by atoms with E-state index in [2.05, 4.69) is 10.3 Å². The van der Waals surface area contributed by atoms with Crippen LogP contribution in [0.4, 0.5) is 10.1 Å². The molecule has 1 heterocycles. The Morgan fingerprint density at radius 3 is 2.57 bits per heavy atom. The van der Waals surface area contributed by atoms with Gasteiger partial charge in [-0.3, -0.25) is 4.79 Å². The summed E-state index contributed by atoms with van der Waals surface area (Å²) in [6.07, 6.45) is 0. The molecule has 110 valence electrons. The first-order valence-corrected chi connectivity index (χ1v) is 6.99. The van der Waals surface area contributed by atoms with Gasteiger partial charge in [0, 0.05) is 16.9 Å². The molecule has 0 unspecified atom stereocenters. The van der Waals surface area contributed by atoms with Gasteiger partial charge in [0.15, 0.2) is 0 Å². The van der Waals surface area contributed by atoms with Gasteiger partial charge in [0.1, 0.15) is 11.0 Å². The number of anilines is 1. The normalized spacial score (nSPS) is 10.8. The molecule has 1 amide bonds. The van der Waals surface area contributed by atoms with E-state index in [-0.39, 0.29) is 22.8 Å². The second-order valence-corrected chi connectivity index (χ2v) is 5.62. The average molecular weight is 307 g/mol. The van der Waals surface area contributed by atoms with Crippen LogP contribution in [0.5, 0.6) is 0 Å². The van der Waals surface area contributed by atoms with E-state index in [1.807, 2.05) is 13.8 Å². The van der Waals surface area contributed by atoms with Crippen molar-refractivity contribution in [2.45, 2.75) is 26.7 Å². The summed E-state index contributed by atoms with van der Waals surface area (Å²) in [6.45, 7) is 5.70. The van der Waals surface area contributed by atoms with Gasteiger partial charge in [0.25, 0.3) is 5.91 Å². The predicted octanol–water partition coefficient (Wildman–Crippen LogP) is 4.56. The van der Waals surface area contributed by atoms with Crippen LogP contribution in [-0.4, -0.2) is 10.9 Å². The van der Waals surface area contributed by atoms with Gasteiger partial charge in [-0.2, -0.15) is 0 Å². The molecule has 0 saturated heterocycles. The average Bonchev–Trinajstić information content (AvgIpc) is 2.36. The fraction of sp³-hybridized carbons (Fsp3) is 0.250. The maximum absolute atomic E-state index is 13.3. The summed E-state index contributed by atoms with van der Waals surface area (Å²) in [5, 5.41) is 2.93. The largest absolute Gasteiger partial charge is 0.322 e. The number of nitrogens with zero attached hydrogens (tertiary/aromatic N) is 1. The van der Waals surface area contributed by atoms with Crippen molar-refractivity contribution in [3.63, 3.8) is 0 Å². The Morgan fingerprint density at radius 1 is 1.24 bits per heavy atom. The third kappa shape index (κ3) is 4.02. The molecule has 1 N–H and O–H groups in total. The molecule has 1 aromatic heterocycles. The lowest BCUT2D eigenvalue weighted by atomic mass is 10.1. The maximum Gasteiger partial charge on any atom is 0.255 e. The molecule has 0 aliphatic carbocycles. The highest BCUT2D eigenvalue weighted by atomic mass is 35.5. The zero-order chi connectivity index (χ0) is 15.6. The van der Waals surface area contributed by atoms with Gasteiger partial charge < -0.3 is 5.32 Å². The van der Waals surface area contributed by atoms with Gasteiger partial charge in [0.2, 0.25) is 0 Å². The molecule has 0 radical (unpaired) electrons. The highest BCUT2D eigenvalue weighted by Crippen LogP contribution is 2.19.